The average Bonchev–Trinajstić information content (AvgIpc) is 3.18. The van der Waals surface area contributed by atoms with E-state index in [2.05, 4.69) is 0 Å². The number of hydrogen-bond donors (Lipinski definition) is 0. The Labute approximate surface area is 161 Å². The zero-order valence-electron chi connectivity index (χ0n) is 16.0. The van der Waals surface area contributed by atoms with E-state index in [1.807, 2.05) is 0 Å². The average molecular weight is 398 g/mol. The predicted octanol–water partition coefficient (Wildman–Crippen LogP) is 1.32. The highest BCUT2D eigenvalue weighted by Crippen LogP contribution is 2.39. The van der Waals surface area contributed by atoms with E-state index in [4.69, 9.17) is 28.1 Å². The van der Waals surface area contributed by atoms with Gasteiger partial charge in [-0.2, -0.15) is 0 Å². The van der Waals surface area contributed by atoms with Gasteiger partial charge in [0.25, 0.3) is 0 Å². The van der Waals surface area contributed by atoms with Crippen molar-refractivity contribution in [3.8, 4) is 0 Å². The van der Waals surface area contributed by atoms with Crippen molar-refractivity contribution in [2.45, 2.75) is 52.1 Å². The van der Waals surface area contributed by atoms with Crippen LogP contribution >= 0.6 is 0 Å². The quantitative estimate of drug-likeness (QED) is 0.490. The van der Waals surface area contributed by atoms with Crippen LogP contribution in [-0.4, -0.2) is 55.4 Å². The third-order valence-electron chi connectivity index (χ3n) is 3.81. The summed E-state index contributed by atoms with van der Waals surface area (Å²) < 4.78 is 31.7. The van der Waals surface area contributed by atoms with Gasteiger partial charge in [0.1, 0.15) is 18.3 Å². The van der Waals surface area contributed by atoms with Gasteiger partial charge in [-0.3, -0.25) is 14.4 Å². The molecule has 0 amide bonds. The maximum atomic E-state index is 12.2. The Kier molecular flexibility index (Phi) is 7.16. The van der Waals surface area contributed by atoms with Crippen LogP contribution in [0.2, 0.25) is 0 Å². The van der Waals surface area contributed by atoms with Crippen molar-refractivity contribution in [3.05, 3.63) is 23.7 Å². The fraction of sp³-hybridized carbons (Fsp3) is 0.556. The molecule has 0 aromatic carbocycles. The summed E-state index contributed by atoms with van der Waals surface area (Å²) in [4.78, 5) is 46.5. The summed E-state index contributed by atoms with van der Waals surface area (Å²) in [6.07, 6.45) is -2.96. The van der Waals surface area contributed by atoms with Crippen LogP contribution in [0.4, 0.5) is 0 Å². The van der Waals surface area contributed by atoms with Gasteiger partial charge >= 0.3 is 23.9 Å². The van der Waals surface area contributed by atoms with Crippen LogP contribution in [0.15, 0.2) is 16.7 Å². The Balaban J connectivity index is 2.39. The number of esters is 4. The molecule has 0 saturated carbocycles. The van der Waals surface area contributed by atoms with Gasteiger partial charge in [0.15, 0.2) is 24.1 Å². The van der Waals surface area contributed by atoms with E-state index < -0.39 is 48.3 Å². The molecule has 0 N–H and O–H groups in total. The van der Waals surface area contributed by atoms with Crippen molar-refractivity contribution in [2.75, 3.05) is 13.2 Å². The molecule has 0 unspecified atom stereocenters. The van der Waals surface area contributed by atoms with Gasteiger partial charge in [-0.15, -0.1) is 0 Å². The lowest BCUT2D eigenvalue weighted by Gasteiger charge is -2.23. The molecular weight excluding hydrogens is 376 g/mol. The number of carbonyl (C=O) groups is 4. The van der Waals surface area contributed by atoms with E-state index >= 15 is 0 Å². The van der Waals surface area contributed by atoms with E-state index in [1.165, 1.54) is 33.1 Å². The molecule has 1 fully saturated rings. The summed E-state index contributed by atoms with van der Waals surface area (Å²) in [6, 6.07) is 1.39. The third kappa shape index (κ3) is 5.10. The molecule has 10 heteroatoms. The van der Waals surface area contributed by atoms with Gasteiger partial charge in [-0.25, -0.2) is 4.79 Å². The van der Waals surface area contributed by atoms with Crippen molar-refractivity contribution < 1.29 is 47.3 Å². The fourth-order valence-electron chi connectivity index (χ4n) is 2.85. The second kappa shape index (κ2) is 9.36. The molecular formula is C18H22O10. The zero-order valence-corrected chi connectivity index (χ0v) is 16.0. The summed E-state index contributed by atoms with van der Waals surface area (Å²) in [5.41, 5.74) is 0.0821. The van der Waals surface area contributed by atoms with Crippen molar-refractivity contribution in [1.29, 1.82) is 0 Å². The van der Waals surface area contributed by atoms with Gasteiger partial charge in [0.2, 0.25) is 0 Å². The van der Waals surface area contributed by atoms with Gasteiger partial charge in [-0.05, 0) is 13.0 Å². The van der Waals surface area contributed by atoms with Crippen LogP contribution in [0.3, 0.4) is 0 Å². The molecule has 1 aromatic rings. The van der Waals surface area contributed by atoms with Crippen LogP contribution in [0.1, 0.15) is 49.9 Å². The van der Waals surface area contributed by atoms with Crippen LogP contribution in [0, 0.1) is 0 Å². The van der Waals surface area contributed by atoms with E-state index in [-0.39, 0.29) is 24.5 Å². The van der Waals surface area contributed by atoms with Crippen molar-refractivity contribution in [1.82, 2.24) is 0 Å². The second-order valence-corrected chi connectivity index (χ2v) is 5.96. The molecule has 2 rings (SSSR count). The summed E-state index contributed by atoms with van der Waals surface area (Å²) in [6.45, 7) is 5.11. The minimum Gasteiger partial charge on any atom is -0.465 e. The first kappa shape index (κ1) is 21.4. The van der Waals surface area contributed by atoms with Crippen LogP contribution < -0.4 is 0 Å². The van der Waals surface area contributed by atoms with Crippen LogP contribution in [0.25, 0.3) is 0 Å². The molecule has 0 aliphatic carbocycles. The van der Waals surface area contributed by atoms with Gasteiger partial charge in [0.05, 0.1) is 12.9 Å². The molecule has 0 radical (unpaired) electrons. The molecule has 1 aliphatic rings. The molecule has 10 nitrogen and oxygen atoms in total. The molecule has 0 bridgehead atoms. The Hall–Kier alpha value is -2.88. The molecule has 28 heavy (non-hydrogen) atoms. The first-order valence-corrected chi connectivity index (χ1v) is 8.62. The van der Waals surface area contributed by atoms with Crippen LogP contribution in [0.5, 0.6) is 0 Å². The van der Waals surface area contributed by atoms with E-state index in [0.29, 0.717) is 0 Å². The summed E-state index contributed by atoms with van der Waals surface area (Å²) in [7, 11) is 0. The number of carbonyl (C=O) groups excluding carboxylic acids is 4. The smallest absolute Gasteiger partial charge is 0.341 e. The first-order valence-electron chi connectivity index (χ1n) is 8.62. The SMILES string of the molecule is CCOC(=O)c1ccoc1[C@H]1O[C@H](COC(C)=O)[C@@H](OC(C)=O)[C@H]1OC(C)=O. The lowest BCUT2D eigenvalue weighted by Crippen LogP contribution is -2.40. The van der Waals surface area contributed by atoms with Crippen LogP contribution in [-0.2, 0) is 38.1 Å². The largest absolute Gasteiger partial charge is 0.465 e. The lowest BCUT2D eigenvalue weighted by molar-refractivity contribution is -0.165. The van der Waals surface area contributed by atoms with Crippen molar-refractivity contribution in [2.24, 2.45) is 0 Å². The minimum atomic E-state index is -1.12. The topological polar surface area (TPSA) is 128 Å². The predicted molar refractivity (Wildman–Crippen MR) is 90.0 cm³/mol. The maximum Gasteiger partial charge on any atom is 0.341 e. The Morgan fingerprint density at radius 2 is 1.61 bits per heavy atom. The number of rotatable bonds is 7. The highest BCUT2D eigenvalue weighted by molar-refractivity contribution is 5.90. The first-order chi connectivity index (χ1) is 13.2. The molecule has 4 atom stereocenters. The van der Waals surface area contributed by atoms with E-state index in [1.54, 1.807) is 6.92 Å². The second-order valence-electron chi connectivity index (χ2n) is 5.96. The Morgan fingerprint density at radius 1 is 0.964 bits per heavy atom. The van der Waals surface area contributed by atoms with Gasteiger partial charge < -0.3 is 28.1 Å². The number of furan rings is 1. The maximum absolute atomic E-state index is 12.2. The standard InChI is InChI=1S/C18H22O10/c1-5-23-18(22)12-6-7-24-14(12)16-17(27-11(4)21)15(26-10(3)20)13(28-16)8-25-9(2)19/h6-7,13,15-17H,5,8H2,1-4H3/t13-,15-,16-,17-/m1/s1. The zero-order chi connectivity index (χ0) is 20.8. The molecule has 1 aliphatic heterocycles. The fourth-order valence-corrected chi connectivity index (χ4v) is 2.85. The molecule has 0 spiro atoms. The minimum absolute atomic E-state index is 0.0483. The highest BCUT2D eigenvalue weighted by atomic mass is 16.7. The molecule has 154 valence electrons. The summed E-state index contributed by atoms with van der Waals surface area (Å²) >= 11 is 0. The van der Waals surface area contributed by atoms with Crippen molar-refractivity contribution in [3.63, 3.8) is 0 Å². The summed E-state index contributed by atoms with van der Waals surface area (Å²) in [5.74, 6) is -2.48. The lowest BCUT2D eigenvalue weighted by atomic mass is 10.0. The number of hydrogen-bond acceptors (Lipinski definition) is 10. The highest BCUT2D eigenvalue weighted by Gasteiger charge is 2.52. The Bertz CT molecular complexity index is 736. The molecule has 1 saturated heterocycles. The van der Waals surface area contributed by atoms with E-state index in [9.17, 15) is 19.2 Å². The summed E-state index contributed by atoms with van der Waals surface area (Å²) in [5, 5.41) is 0. The number of ether oxygens (including phenoxy) is 5. The third-order valence-corrected chi connectivity index (χ3v) is 3.81. The molecule has 1 aromatic heterocycles. The monoisotopic (exact) mass is 398 g/mol. The Morgan fingerprint density at radius 3 is 2.18 bits per heavy atom. The van der Waals surface area contributed by atoms with E-state index in [0.717, 1.165) is 0 Å². The van der Waals surface area contributed by atoms with Gasteiger partial charge in [-0.1, -0.05) is 0 Å². The normalized spacial score (nSPS) is 23.7. The molecule has 2 heterocycles. The van der Waals surface area contributed by atoms with Crippen molar-refractivity contribution >= 4 is 23.9 Å². The van der Waals surface area contributed by atoms with Gasteiger partial charge in [0, 0.05) is 20.8 Å².